The van der Waals surface area contributed by atoms with Crippen molar-refractivity contribution in [3.05, 3.63) is 82.6 Å². The number of amides is 2. The van der Waals surface area contributed by atoms with Crippen LogP contribution in [0.15, 0.2) is 60.8 Å². The molecule has 7 nitrogen and oxygen atoms in total. The standard InChI is InChI=1S/C24H24ClN3O4/c1-4-28(24(30)16-12-19(31-2)14-20(13-16)32-3)15-17-11-18(25)8-9-21(17)27-23(29)22-7-5-6-10-26-22/h5-14H,4,15H2,1-3H3,(H,27,29). The Labute approximate surface area is 191 Å². The summed E-state index contributed by atoms with van der Waals surface area (Å²) in [4.78, 5) is 31.6. The molecule has 0 saturated heterocycles. The van der Waals surface area contributed by atoms with Crippen LogP contribution in [0.25, 0.3) is 0 Å². The summed E-state index contributed by atoms with van der Waals surface area (Å²) in [5, 5.41) is 3.36. The molecule has 0 unspecified atom stereocenters. The number of pyridine rings is 1. The lowest BCUT2D eigenvalue weighted by molar-refractivity contribution is 0.0752. The fraction of sp³-hybridized carbons (Fsp3) is 0.208. The van der Waals surface area contributed by atoms with Crippen LogP contribution in [0, 0.1) is 0 Å². The molecular formula is C24H24ClN3O4. The number of hydrogen-bond acceptors (Lipinski definition) is 5. The highest BCUT2D eigenvalue weighted by Crippen LogP contribution is 2.26. The first-order valence-electron chi connectivity index (χ1n) is 9.98. The Balaban J connectivity index is 1.87. The molecule has 8 heteroatoms. The van der Waals surface area contributed by atoms with Crippen molar-refractivity contribution in [2.45, 2.75) is 13.5 Å². The monoisotopic (exact) mass is 453 g/mol. The van der Waals surface area contributed by atoms with E-state index in [1.165, 1.54) is 14.2 Å². The molecule has 166 valence electrons. The third-order valence-corrected chi connectivity index (χ3v) is 5.08. The van der Waals surface area contributed by atoms with Crippen molar-refractivity contribution >= 4 is 29.1 Å². The van der Waals surface area contributed by atoms with E-state index in [1.807, 2.05) is 6.92 Å². The van der Waals surface area contributed by atoms with Gasteiger partial charge in [-0.2, -0.15) is 0 Å². The molecular weight excluding hydrogens is 430 g/mol. The first-order chi connectivity index (χ1) is 15.4. The van der Waals surface area contributed by atoms with Crippen LogP contribution >= 0.6 is 11.6 Å². The second-order valence-electron chi connectivity index (χ2n) is 6.89. The van der Waals surface area contributed by atoms with Crippen molar-refractivity contribution in [3.8, 4) is 11.5 Å². The van der Waals surface area contributed by atoms with Crippen LogP contribution in [-0.2, 0) is 6.54 Å². The molecule has 0 aliphatic rings. The molecule has 2 aromatic carbocycles. The zero-order chi connectivity index (χ0) is 23.1. The van der Waals surface area contributed by atoms with E-state index in [4.69, 9.17) is 21.1 Å². The fourth-order valence-corrected chi connectivity index (χ4v) is 3.34. The number of methoxy groups -OCH3 is 2. The Morgan fingerprint density at radius 2 is 1.75 bits per heavy atom. The van der Waals surface area contributed by atoms with Gasteiger partial charge >= 0.3 is 0 Å². The van der Waals surface area contributed by atoms with E-state index in [0.717, 1.165) is 0 Å². The van der Waals surface area contributed by atoms with Crippen molar-refractivity contribution in [2.24, 2.45) is 0 Å². The number of rotatable bonds is 8. The molecule has 0 atom stereocenters. The van der Waals surface area contributed by atoms with Gasteiger partial charge in [0.1, 0.15) is 17.2 Å². The summed E-state index contributed by atoms with van der Waals surface area (Å²) >= 11 is 6.21. The fourth-order valence-electron chi connectivity index (χ4n) is 3.14. The van der Waals surface area contributed by atoms with Crippen LogP contribution in [-0.4, -0.2) is 42.5 Å². The summed E-state index contributed by atoms with van der Waals surface area (Å²) in [5.74, 6) is 0.498. The number of nitrogens with zero attached hydrogens (tertiary/aromatic N) is 2. The Hall–Kier alpha value is -3.58. The molecule has 0 aliphatic heterocycles. The molecule has 0 spiro atoms. The van der Waals surface area contributed by atoms with Crippen molar-refractivity contribution < 1.29 is 19.1 Å². The number of anilines is 1. The van der Waals surface area contributed by atoms with Crippen LogP contribution in [0.5, 0.6) is 11.5 Å². The molecule has 0 fully saturated rings. The van der Waals surface area contributed by atoms with Gasteiger partial charge in [-0.25, -0.2) is 0 Å². The smallest absolute Gasteiger partial charge is 0.274 e. The predicted octanol–water partition coefficient (Wildman–Crippen LogP) is 4.67. The summed E-state index contributed by atoms with van der Waals surface area (Å²) in [6.07, 6.45) is 1.55. The van der Waals surface area contributed by atoms with E-state index in [2.05, 4.69) is 10.3 Å². The number of nitrogens with one attached hydrogen (secondary N) is 1. The summed E-state index contributed by atoms with van der Waals surface area (Å²) < 4.78 is 10.6. The normalized spacial score (nSPS) is 10.4. The van der Waals surface area contributed by atoms with Gasteiger partial charge in [-0.1, -0.05) is 17.7 Å². The van der Waals surface area contributed by atoms with Crippen molar-refractivity contribution in [3.63, 3.8) is 0 Å². The summed E-state index contributed by atoms with van der Waals surface area (Å²) in [5.41, 5.74) is 1.98. The minimum Gasteiger partial charge on any atom is -0.497 e. The lowest BCUT2D eigenvalue weighted by Crippen LogP contribution is -2.31. The minimum atomic E-state index is -0.346. The largest absolute Gasteiger partial charge is 0.497 e. The molecule has 0 saturated carbocycles. The molecule has 2 amide bonds. The lowest BCUT2D eigenvalue weighted by Gasteiger charge is -2.23. The zero-order valence-corrected chi connectivity index (χ0v) is 18.8. The number of aromatic nitrogens is 1. The quantitative estimate of drug-likeness (QED) is 0.536. The van der Waals surface area contributed by atoms with Gasteiger partial charge < -0.3 is 19.7 Å². The maximum absolute atomic E-state index is 13.2. The summed E-state index contributed by atoms with van der Waals surface area (Å²) in [7, 11) is 3.06. The number of halogens is 1. The summed E-state index contributed by atoms with van der Waals surface area (Å²) in [6, 6.07) is 15.3. The maximum atomic E-state index is 13.2. The number of benzene rings is 2. The van der Waals surface area contributed by atoms with Gasteiger partial charge in [-0.15, -0.1) is 0 Å². The number of hydrogen-bond donors (Lipinski definition) is 1. The average molecular weight is 454 g/mol. The van der Waals surface area contributed by atoms with E-state index >= 15 is 0 Å². The highest BCUT2D eigenvalue weighted by atomic mass is 35.5. The average Bonchev–Trinajstić information content (AvgIpc) is 2.83. The second-order valence-corrected chi connectivity index (χ2v) is 7.33. The van der Waals surface area contributed by atoms with Crippen molar-refractivity contribution in [2.75, 3.05) is 26.1 Å². The van der Waals surface area contributed by atoms with Crippen molar-refractivity contribution in [1.29, 1.82) is 0 Å². The predicted molar refractivity (Wildman–Crippen MR) is 124 cm³/mol. The highest BCUT2D eigenvalue weighted by molar-refractivity contribution is 6.30. The SMILES string of the molecule is CCN(Cc1cc(Cl)ccc1NC(=O)c1ccccn1)C(=O)c1cc(OC)cc(OC)c1. The van der Waals surface area contributed by atoms with Crippen LogP contribution in [0.3, 0.4) is 0 Å². The topological polar surface area (TPSA) is 80.8 Å². The third kappa shape index (κ3) is 5.56. The van der Waals surface area contributed by atoms with Crippen LogP contribution in [0.1, 0.15) is 33.3 Å². The second kappa shape index (κ2) is 10.6. The van der Waals surface area contributed by atoms with Gasteiger partial charge in [0, 0.05) is 41.6 Å². The van der Waals surface area contributed by atoms with Crippen molar-refractivity contribution in [1.82, 2.24) is 9.88 Å². The zero-order valence-electron chi connectivity index (χ0n) is 18.1. The third-order valence-electron chi connectivity index (χ3n) is 4.84. The van der Waals surface area contributed by atoms with Gasteiger partial charge in [0.05, 0.1) is 14.2 Å². The van der Waals surface area contributed by atoms with Gasteiger partial charge in [0.15, 0.2) is 0 Å². The Morgan fingerprint density at radius 3 is 2.34 bits per heavy atom. The van der Waals surface area contributed by atoms with Crippen LogP contribution in [0.2, 0.25) is 5.02 Å². The Bertz CT molecular complexity index is 1080. The molecule has 0 bridgehead atoms. The van der Waals surface area contributed by atoms with E-state index in [-0.39, 0.29) is 18.4 Å². The molecule has 0 aliphatic carbocycles. The van der Waals surface area contributed by atoms with Crippen LogP contribution < -0.4 is 14.8 Å². The maximum Gasteiger partial charge on any atom is 0.274 e. The minimum absolute atomic E-state index is 0.202. The Morgan fingerprint density at radius 1 is 1.03 bits per heavy atom. The van der Waals surface area contributed by atoms with E-state index in [0.29, 0.717) is 45.6 Å². The number of ether oxygens (including phenoxy) is 2. The van der Waals surface area contributed by atoms with E-state index in [1.54, 1.807) is 65.7 Å². The highest BCUT2D eigenvalue weighted by Gasteiger charge is 2.19. The van der Waals surface area contributed by atoms with E-state index < -0.39 is 0 Å². The molecule has 3 rings (SSSR count). The van der Waals surface area contributed by atoms with Gasteiger partial charge in [0.25, 0.3) is 11.8 Å². The number of carbonyl (C=O) groups excluding carboxylic acids is 2. The first-order valence-corrected chi connectivity index (χ1v) is 10.4. The summed E-state index contributed by atoms with van der Waals surface area (Å²) in [6.45, 7) is 2.57. The van der Waals surface area contributed by atoms with Gasteiger partial charge in [0.2, 0.25) is 0 Å². The molecule has 0 radical (unpaired) electrons. The molecule has 1 N–H and O–H groups in total. The Kier molecular flexibility index (Phi) is 7.68. The first kappa shape index (κ1) is 23.1. The lowest BCUT2D eigenvalue weighted by atomic mass is 10.1. The van der Waals surface area contributed by atoms with Crippen LogP contribution in [0.4, 0.5) is 5.69 Å². The molecule has 1 heterocycles. The van der Waals surface area contributed by atoms with Gasteiger partial charge in [-0.05, 0) is 55.0 Å². The molecule has 1 aromatic heterocycles. The molecule has 3 aromatic rings. The number of carbonyl (C=O) groups is 2. The molecule has 32 heavy (non-hydrogen) atoms. The van der Waals surface area contributed by atoms with Gasteiger partial charge in [-0.3, -0.25) is 14.6 Å². The van der Waals surface area contributed by atoms with E-state index in [9.17, 15) is 9.59 Å².